The van der Waals surface area contributed by atoms with Gasteiger partial charge in [-0.25, -0.2) is 9.97 Å². The number of halogens is 3. The van der Waals surface area contributed by atoms with E-state index < -0.39 is 11.7 Å². The van der Waals surface area contributed by atoms with Gasteiger partial charge in [-0.2, -0.15) is 23.4 Å². The van der Waals surface area contributed by atoms with E-state index in [2.05, 4.69) is 25.3 Å². The molecule has 8 nitrogen and oxygen atoms in total. The summed E-state index contributed by atoms with van der Waals surface area (Å²) in [5.41, 5.74) is 8.77. The van der Waals surface area contributed by atoms with Gasteiger partial charge >= 0.3 is 6.18 Å². The normalized spacial score (nSPS) is 12.9. The van der Waals surface area contributed by atoms with Gasteiger partial charge in [-0.1, -0.05) is 12.1 Å². The number of nitrogen functional groups attached to an aromatic ring is 1. The SMILES string of the molecule is CN(C)C[C@@H](c1ccc(C(F)(F)F)cc1)n1cc(-c2ncnc(N)c2-c2cn[nH]c2)cn1. The number of aromatic nitrogens is 6. The third-order valence-electron chi connectivity index (χ3n) is 5.02. The molecule has 166 valence electrons. The molecule has 0 saturated carbocycles. The summed E-state index contributed by atoms with van der Waals surface area (Å²) in [6.07, 6.45) is 3.76. The number of aromatic amines is 1. The van der Waals surface area contributed by atoms with Gasteiger partial charge in [0.15, 0.2) is 0 Å². The first-order valence-corrected chi connectivity index (χ1v) is 9.70. The van der Waals surface area contributed by atoms with Crippen LogP contribution in [0.5, 0.6) is 0 Å². The summed E-state index contributed by atoms with van der Waals surface area (Å²) >= 11 is 0. The van der Waals surface area contributed by atoms with Crippen molar-refractivity contribution in [2.45, 2.75) is 12.2 Å². The molecule has 1 aromatic carbocycles. The molecule has 11 heteroatoms. The summed E-state index contributed by atoms with van der Waals surface area (Å²) in [4.78, 5) is 10.4. The number of hydrogen-bond donors (Lipinski definition) is 2. The Morgan fingerprint density at radius 3 is 2.47 bits per heavy atom. The molecular formula is C21H21F3N8. The van der Waals surface area contributed by atoms with Gasteiger partial charge in [0.05, 0.1) is 35.3 Å². The lowest BCUT2D eigenvalue weighted by Gasteiger charge is -2.22. The number of nitrogens with zero attached hydrogens (tertiary/aromatic N) is 6. The Bertz CT molecular complexity index is 1180. The Morgan fingerprint density at radius 2 is 1.84 bits per heavy atom. The molecule has 1 atom stereocenters. The smallest absolute Gasteiger partial charge is 0.383 e. The number of alkyl halides is 3. The molecule has 0 amide bonds. The largest absolute Gasteiger partial charge is 0.416 e. The van der Waals surface area contributed by atoms with Crippen LogP contribution in [-0.2, 0) is 6.18 Å². The van der Waals surface area contributed by atoms with E-state index in [0.29, 0.717) is 34.7 Å². The predicted octanol–water partition coefficient (Wildman–Crippen LogP) is 3.48. The summed E-state index contributed by atoms with van der Waals surface area (Å²) in [6.45, 7) is 0.535. The fourth-order valence-corrected chi connectivity index (χ4v) is 3.50. The molecule has 0 aliphatic carbocycles. The van der Waals surface area contributed by atoms with Gasteiger partial charge in [0.2, 0.25) is 0 Å². The highest BCUT2D eigenvalue weighted by atomic mass is 19.4. The van der Waals surface area contributed by atoms with E-state index in [9.17, 15) is 13.2 Å². The fraction of sp³-hybridized carbons (Fsp3) is 0.238. The van der Waals surface area contributed by atoms with E-state index in [-0.39, 0.29) is 6.04 Å². The number of nitrogens with one attached hydrogen (secondary N) is 1. The topological polar surface area (TPSA) is 102 Å². The number of anilines is 1. The molecule has 0 bridgehead atoms. The molecule has 0 unspecified atom stereocenters. The van der Waals surface area contributed by atoms with Crippen LogP contribution >= 0.6 is 0 Å². The average Bonchev–Trinajstić information content (AvgIpc) is 3.43. The zero-order valence-corrected chi connectivity index (χ0v) is 17.4. The van der Waals surface area contributed by atoms with E-state index in [0.717, 1.165) is 17.7 Å². The fourth-order valence-electron chi connectivity index (χ4n) is 3.50. The molecule has 3 N–H and O–H groups in total. The first-order valence-electron chi connectivity index (χ1n) is 9.70. The maximum Gasteiger partial charge on any atom is 0.416 e. The van der Waals surface area contributed by atoms with Crippen molar-refractivity contribution in [2.24, 2.45) is 0 Å². The Balaban J connectivity index is 1.73. The number of likely N-dealkylation sites (N-methyl/N-ethyl adjacent to an activating group) is 1. The van der Waals surface area contributed by atoms with Crippen molar-refractivity contribution in [2.75, 3.05) is 26.4 Å². The van der Waals surface area contributed by atoms with Gasteiger partial charge in [-0.05, 0) is 31.8 Å². The Labute approximate surface area is 181 Å². The van der Waals surface area contributed by atoms with Crippen LogP contribution in [0.1, 0.15) is 17.2 Å². The molecule has 3 aromatic heterocycles. The minimum Gasteiger partial charge on any atom is -0.383 e. The third-order valence-corrected chi connectivity index (χ3v) is 5.02. The molecular weight excluding hydrogens is 421 g/mol. The first-order chi connectivity index (χ1) is 15.2. The van der Waals surface area contributed by atoms with E-state index >= 15 is 0 Å². The minimum absolute atomic E-state index is 0.303. The summed E-state index contributed by atoms with van der Waals surface area (Å²) < 4.78 is 40.6. The number of rotatable bonds is 6. The van der Waals surface area contributed by atoms with Gasteiger partial charge < -0.3 is 10.6 Å². The molecule has 0 aliphatic rings. The zero-order valence-electron chi connectivity index (χ0n) is 17.4. The molecule has 0 radical (unpaired) electrons. The summed E-state index contributed by atoms with van der Waals surface area (Å²) in [5, 5.41) is 11.2. The van der Waals surface area contributed by atoms with Crippen LogP contribution in [-0.4, -0.2) is 55.5 Å². The van der Waals surface area contributed by atoms with Crippen molar-refractivity contribution in [3.05, 3.63) is 66.5 Å². The molecule has 0 saturated heterocycles. The molecule has 0 spiro atoms. The van der Waals surface area contributed by atoms with E-state index in [1.165, 1.54) is 18.5 Å². The van der Waals surface area contributed by atoms with Crippen molar-refractivity contribution in [1.82, 2.24) is 34.8 Å². The van der Waals surface area contributed by atoms with Crippen molar-refractivity contribution >= 4 is 5.82 Å². The van der Waals surface area contributed by atoms with Crippen LogP contribution in [0.15, 0.2) is 55.4 Å². The highest BCUT2D eigenvalue weighted by molar-refractivity contribution is 5.86. The third kappa shape index (κ3) is 4.33. The van der Waals surface area contributed by atoms with Gasteiger partial charge in [-0.3, -0.25) is 9.78 Å². The van der Waals surface area contributed by atoms with E-state index in [1.807, 2.05) is 19.0 Å². The molecule has 0 aliphatic heterocycles. The predicted molar refractivity (Wildman–Crippen MR) is 113 cm³/mol. The first kappa shape index (κ1) is 21.5. The van der Waals surface area contributed by atoms with Crippen LogP contribution in [0, 0.1) is 0 Å². The number of H-pyrrole nitrogens is 1. The highest BCUT2D eigenvalue weighted by Gasteiger charge is 2.30. The standard InChI is InChI=1S/C21H21F3N8/c1-31(2)11-17(13-3-5-16(6-4-13)21(22,23)24)32-10-15(9-30-32)19-18(14-7-28-29-8-14)20(25)27-12-26-19/h3-10,12,17H,11H2,1-2H3,(H,28,29)(H2,25,26,27)/t17-/m0/s1. The van der Waals surface area contributed by atoms with Crippen LogP contribution in [0.2, 0.25) is 0 Å². The van der Waals surface area contributed by atoms with Crippen molar-refractivity contribution in [3.63, 3.8) is 0 Å². The molecule has 0 fully saturated rings. The lowest BCUT2D eigenvalue weighted by Crippen LogP contribution is -2.26. The molecule has 4 rings (SSSR count). The number of benzene rings is 1. The highest BCUT2D eigenvalue weighted by Crippen LogP contribution is 2.34. The zero-order chi connectivity index (χ0) is 22.9. The van der Waals surface area contributed by atoms with Crippen molar-refractivity contribution in [1.29, 1.82) is 0 Å². The quantitative estimate of drug-likeness (QED) is 0.474. The second-order valence-electron chi connectivity index (χ2n) is 7.58. The lowest BCUT2D eigenvalue weighted by atomic mass is 10.0. The van der Waals surface area contributed by atoms with Crippen molar-refractivity contribution < 1.29 is 13.2 Å². The van der Waals surface area contributed by atoms with Gasteiger partial charge in [-0.15, -0.1) is 0 Å². The van der Waals surface area contributed by atoms with Crippen molar-refractivity contribution in [3.8, 4) is 22.4 Å². The monoisotopic (exact) mass is 442 g/mol. The number of nitrogens with two attached hydrogens (primary N) is 1. The van der Waals surface area contributed by atoms with E-state index in [4.69, 9.17) is 5.73 Å². The Morgan fingerprint density at radius 1 is 1.09 bits per heavy atom. The van der Waals surface area contributed by atoms with Gasteiger partial charge in [0.1, 0.15) is 12.1 Å². The number of hydrogen-bond acceptors (Lipinski definition) is 6. The molecule has 4 aromatic rings. The summed E-state index contributed by atoms with van der Waals surface area (Å²) in [6, 6.07) is 4.84. The molecule has 3 heterocycles. The van der Waals surface area contributed by atoms with E-state index in [1.54, 1.807) is 29.5 Å². The van der Waals surface area contributed by atoms with Gasteiger partial charge in [0.25, 0.3) is 0 Å². The second-order valence-corrected chi connectivity index (χ2v) is 7.58. The summed E-state index contributed by atoms with van der Waals surface area (Å²) in [7, 11) is 3.78. The maximum atomic E-state index is 13.0. The lowest BCUT2D eigenvalue weighted by molar-refractivity contribution is -0.137. The molecule has 32 heavy (non-hydrogen) atoms. The van der Waals surface area contributed by atoms with Crippen LogP contribution in [0.25, 0.3) is 22.4 Å². The van der Waals surface area contributed by atoms with Crippen LogP contribution in [0.4, 0.5) is 19.0 Å². The minimum atomic E-state index is -4.38. The average molecular weight is 442 g/mol. The second kappa shape index (κ2) is 8.42. The maximum absolute atomic E-state index is 13.0. The van der Waals surface area contributed by atoms with Crippen LogP contribution < -0.4 is 5.73 Å². The van der Waals surface area contributed by atoms with Crippen LogP contribution in [0.3, 0.4) is 0 Å². The summed E-state index contributed by atoms with van der Waals surface area (Å²) in [5.74, 6) is 0.303. The Kier molecular flexibility index (Phi) is 5.66. The van der Waals surface area contributed by atoms with Gasteiger partial charge in [0, 0.05) is 30.1 Å². The Hall–Kier alpha value is -3.73.